The number of nitrogen functional groups attached to an aromatic ring is 1. The molecule has 5 nitrogen and oxygen atoms in total. The highest BCUT2D eigenvalue weighted by molar-refractivity contribution is 5.60. The summed E-state index contributed by atoms with van der Waals surface area (Å²) in [5.74, 6) is -6.20. The van der Waals surface area contributed by atoms with Gasteiger partial charge in [0.15, 0.2) is 29.1 Å². The Morgan fingerprint density at radius 3 is 2.29 bits per heavy atom. The molecule has 0 amide bonds. The van der Waals surface area contributed by atoms with Gasteiger partial charge in [-0.25, -0.2) is 27.5 Å². The molecule has 0 saturated carbocycles. The minimum atomic E-state index is -1.57. The number of halogens is 4. The van der Waals surface area contributed by atoms with E-state index in [9.17, 15) is 17.6 Å². The molecule has 0 unspecified atom stereocenters. The summed E-state index contributed by atoms with van der Waals surface area (Å²) >= 11 is 0. The minimum absolute atomic E-state index is 0.00218. The van der Waals surface area contributed by atoms with E-state index < -0.39 is 29.0 Å². The monoisotopic (exact) mass is 302 g/mol. The maximum Gasteiger partial charge on any atom is 0.185 e. The van der Waals surface area contributed by atoms with Gasteiger partial charge in [0, 0.05) is 19.2 Å². The van der Waals surface area contributed by atoms with Gasteiger partial charge >= 0.3 is 0 Å². The first-order valence-corrected chi connectivity index (χ1v) is 5.64. The summed E-state index contributed by atoms with van der Waals surface area (Å²) in [5, 5.41) is 2.15. The van der Waals surface area contributed by atoms with E-state index in [0.717, 1.165) is 6.07 Å². The Balaban J connectivity index is 2.43. The molecule has 0 spiro atoms. The SMILES string of the molecule is COCc1nc(N)cc(Nc2c(F)c(F)cc(F)c2F)n1. The highest BCUT2D eigenvalue weighted by Gasteiger charge is 2.20. The Kier molecular flexibility index (Phi) is 4.22. The quantitative estimate of drug-likeness (QED) is 0.670. The lowest BCUT2D eigenvalue weighted by molar-refractivity contribution is 0.178. The zero-order valence-corrected chi connectivity index (χ0v) is 10.8. The maximum atomic E-state index is 13.5. The molecule has 1 aromatic carbocycles. The van der Waals surface area contributed by atoms with Crippen molar-refractivity contribution in [2.24, 2.45) is 0 Å². The maximum absolute atomic E-state index is 13.5. The first-order chi connectivity index (χ1) is 9.92. The van der Waals surface area contributed by atoms with Crippen molar-refractivity contribution in [3.63, 3.8) is 0 Å². The van der Waals surface area contributed by atoms with Gasteiger partial charge in [-0.2, -0.15) is 0 Å². The van der Waals surface area contributed by atoms with Crippen LogP contribution in [0.25, 0.3) is 0 Å². The molecule has 9 heteroatoms. The van der Waals surface area contributed by atoms with Crippen molar-refractivity contribution < 1.29 is 22.3 Å². The topological polar surface area (TPSA) is 73.1 Å². The van der Waals surface area contributed by atoms with Crippen LogP contribution in [0.5, 0.6) is 0 Å². The summed E-state index contributed by atoms with van der Waals surface area (Å²) in [5.41, 5.74) is 4.49. The van der Waals surface area contributed by atoms with E-state index in [4.69, 9.17) is 10.5 Å². The number of benzene rings is 1. The van der Waals surface area contributed by atoms with E-state index >= 15 is 0 Å². The number of ether oxygens (including phenoxy) is 1. The lowest BCUT2D eigenvalue weighted by atomic mass is 10.2. The van der Waals surface area contributed by atoms with Crippen LogP contribution >= 0.6 is 0 Å². The van der Waals surface area contributed by atoms with Crippen LogP contribution in [0.15, 0.2) is 12.1 Å². The van der Waals surface area contributed by atoms with Crippen LogP contribution in [0.2, 0.25) is 0 Å². The van der Waals surface area contributed by atoms with Gasteiger partial charge in [0.2, 0.25) is 0 Å². The van der Waals surface area contributed by atoms with Gasteiger partial charge in [-0.15, -0.1) is 0 Å². The van der Waals surface area contributed by atoms with Crippen LogP contribution < -0.4 is 11.1 Å². The first-order valence-electron chi connectivity index (χ1n) is 5.64. The zero-order chi connectivity index (χ0) is 15.6. The lowest BCUT2D eigenvalue weighted by Crippen LogP contribution is -2.07. The minimum Gasteiger partial charge on any atom is -0.384 e. The second-order valence-electron chi connectivity index (χ2n) is 4.00. The van der Waals surface area contributed by atoms with Crippen molar-refractivity contribution in [1.29, 1.82) is 0 Å². The number of nitrogens with zero attached hydrogens (tertiary/aromatic N) is 2. The number of methoxy groups -OCH3 is 1. The van der Waals surface area contributed by atoms with Crippen LogP contribution in [0, 0.1) is 23.3 Å². The van der Waals surface area contributed by atoms with E-state index in [1.54, 1.807) is 0 Å². The van der Waals surface area contributed by atoms with Crippen LogP contribution in [0.3, 0.4) is 0 Å². The Bertz CT molecular complexity index is 655. The second-order valence-corrected chi connectivity index (χ2v) is 4.00. The van der Waals surface area contributed by atoms with E-state index in [1.807, 2.05) is 0 Å². The molecule has 0 saturated heterocycles. The van der Waals surface area contributed by atoms with Crippen molar-refractivity contribution in [1.82, 2.24) is 9.97 Å². The average Bonchev–Trinajstić information content (AvgIpc) is 2.41. The van der Waals surface area contributed by atoms with Gasteiger partial charge < -0.3 is 15.8 Å². The Morgan fingerprint density at radius 1 is 1.10 bits per heavy atom. The van der Waals surface area contributed by atoms with E-state index in [-0.39, 0.29) is 30.1 Å². The van der Waals surface area contributed by atoms with Crippen LogP contribution in [-0.2, 0) is 11.3 Å². The summed E-state index contributed by atoms with van der Waals surface area (Å²) in [4.78, 5) is 7.67. The molecule has 2 aromatic rings. The van der Waals surface area contributed by atoms with Crippen molar-refractivity contribution in [3.05, 3.63) is 41.2 Å². The molecular weight excluding hydrogens is 292 g/mol. The molecule has 0 fully saturated rings. The average molecular weight is 302 g/mol. The Hall–Kier alpha value is -2.42. The molecule has 0 aliphatic heterocycles. The molecule has 3 N–H and O–H groups in total. The van der Waals surface area contributed by atoms with Crippen LogP contribution in [0.1, 0.15) is 5.82 Å². The van der Waals surface area contributed by atoms with Gasteiger partial charge in [-0.1, -0.05) is 0 Å². The number of hydrogen-bond donors (Lipinski definition) is 2. The molecular formula is C12H10F4N4O. The van der Waals surface area contributed by atoms with Gasteiger partial charge in [0.25, 0.3) is 0 Å². The first kappa shape index (κ1) is 15.0. The predicted molar refractivity (Wildman–Crippen MR) is 66.7 cm³/mol. The second kappa shape index (κ2) is 5.92. The van der Waals surface area contributed by atoms with Crippen LogP contribution in [-0.4, -0.2) is 17.1 Å². The van der Waals surface area contributed by atoms with E-state index in [2.05, 4.69) is 15.3 Å². The van der Waals surface area contributed by atoms with Gasteiger partial charge in [-0.05, 0) is 0 Å². The molecule has 0 bridgehead atoms. The largest absolute Gasteiger partial charge is 0.384 e. The van der Waals surface area contributed by atoms with Crippen molar-refractivity contribution in [2.45, 2.75) is 6.61 Å². The third-order valence-corrected chi connectivity index (χ3v) is 2.43. The summed E-state index contributed by atoms with van der Waals surface area (Å²) < 4.78 is 58.1. The summed E-state index contributed by atoms with van der Waals surface area (Å²) in [6, 6.07) is 1.27. The standard InChI is InChI=1S/C12H10F4N4O/c1-21-4-9-18-7(17)3-8(19-9)20-12-10(15)5(13)2-6(14)11(12)16/h2-3H,4H2,1H3,(H3,17,18,19,20). The van der Waals surface area contributed by atoms with Gasteiger partial charge in [-0.3, -0.25) is 0 Å². The third-order valence-electron chi connectivity index (χ3n) is 2.43. The van der Waals surface area contributed by atoms with Crippen molar-refractivity contribution in [2.75, 3.05) is 18.2 Å². The Morgan fingerprint density at radius 2 is 1.71 bits per heavy atom. The Labute approximate surface area is 116 Å². The van der Waals surface area contributed by atoms with E-state index in [1.165, 1.54) is 7.11 Å². The molecule has 1 heterocycles. The molecule has 0 atom stereocenters. The molecule has 21 heavy (non-hydrogen) atoms. The number of nitrogens with two attached hydrogens (primary N) is 1. The molecule has 112 valence electrons. The number of nitrogens with one attached hydrogen (secondary N) is 1. The number of anilines is 3. The fraction of sp³-hybridized carbons (Fsp3) is 0.167. The smallest absolute Gasteiger partial charge is 0.185 e. The number of rotatable bonds is 4. The molecule has 2 rings (SSSR count). The van der Waals surface area contributed by atoms with Crippen molar-refractivity contribution in [3.8, 4) is 0 Å². The predicted octanol–water partition coefficient (Wildman–Crippen LogP) is 2.51. The number of aromatic nitrogens is 2. The zero-order valence-electron chi connectivity index (χ0n) is 10.8. The fourth-order valence-electron chi connectivity index (χ4n) is 1.59. The molecule has 0 aliphatic carbocycles. The normalized spacial score (nSPS) is 10.7. The fourth-order valence-corrected chi connectivity index (χ4v) is 1.59. The van der Waals surface area contributed by atoms with Gasteiger partial charge in [0.05, 0.1) is 0 Å². The van der Waals surface area contributed by atoms with Crippen molar-refractivity contribution >= 4 is 17.3 Å². The highest BCUT2D eigenvalue weighted by Crippen LogP contribution is 2.27. The van der Waals surface area contributed by atoms with Gasteiger partial charge in [0.1, 0.15) is 23.9 Å². The molecule has 0 aliphatic rings. The summed E-state index contributed by atoms with van der Waals surface area (Å²) in [7, 11) is 1.39. The third kappa shape index (κ3) is 3.19. The molecule has 1 aromatic heterocycles. The van der Waals surface area contributed by atoms with E-state index in [0.29, 0.717) is 0 Å². The summed E-state index contributed by atoms with van der Waals surface area (Å²) in [6.45, 7) is 0.00218. The molecule has 0 radical (unpaired) electrons. The number of hydrogen-bond acceptors (Lipinski definition) is 5. The highest BCUT2D eigenvalue weighted by atomic mass is 19.2. The van der Waals surface area contributed by atoms with Crippen LogP contribution in [0.4, 0.5) is 34.9 Å². The lowest BCUT2D eigenvalue weighted by Gasteiger charge is -2.10. The summed E-state index contributed by atoms with van der Waals surface area (Å²) in [6.07, 6.45) is 0.